The highest BCUT2D eigenvalue weighted by Gasteiger charge is 2.34. The summed E-state index contributed by atoms with van der Waals surface area (Å²) in [5.74, 6) is -12.6. The van der Waals surface area contributed by atoms with Gasteiger partial charge in [-0.3, -0.25) is 27.8 Å². The third kappa shape index (κ3) is 9.78. The lowest BCUT2D eigenvalue weighted by atomic mass is 10.1. The van der Waals surface area contributed by atoms with E-state index in [2.05, 4.69) is 20.0 Å². The number of hydrogen-bond donors (Lipinski definition) is 3. The number of carbonyl (C=O) groups is 2. The second-order valence-electron chi connectivity index (χ2n) is 11.6. The maximum atomic E-state index is 14.0. The molecular formula is C35H29BF6N4O7S. The van der Waals surface area contributed by atoms with Gasteiger partial charge < -0.3 is 24.3 Å². The van der Waals surface area contributed by atoms with Crippen LogP contribution in [0.5, 0.6) is 11.5 Å². The number of aromatic nitrogens is 2. The first-order valence-corrected chi connectivity index (χ1v) is 17.5. The summed E-state index contributed by atoms with van der Waals surface area (Å²) in [6.07, 6.45) is 10.6. The van der Waals surface area contributed by atoms with Crippen molar-refractivity contribution in [3.05, 3.63) is 113 Å². The number of nitrogens with one attached hydrogen (secondary N) is 2. The highest BCUT2D eigenvalue weighted by Crippen LogP contribution is 2.33. The number of carbonyl (C=O) groups excluding carboxylic acids is 2. The lowest BCUT2D eigenvalue weighted by Gasteiger charge is -2.10. The number of benzene rings is 2. The molecule has 2 aromatic carbocycles. The fraction of sp³-hybridized carbons (Fsp3) is 0.171. The van der Waals surface area contributed by atoms with Gasteiger partial charge in [0.2, 0.25) is 17.4 Å². The molecule has 282 valence electrons. The van der Waals surface area contributed by atoms with E-state index in [1.807, 2.05) is 12.2 Å². The van der Waals surface area contributed by atoms with E-state index >= 15 is 0 Å². The van der Waals surface area contributed by atoms with Crippen LogP contribution in [0.1, 0.15) is 36.9 Å². The number of hydrogen-bond acceptors (Lipinski definition) is 7. The van der Waals surface area contributed by atoms with E-state index in [1.165, 1.54) is 0 Å². The van der Waals surface area contributed by atoms with Gasteiger partial charge in [0.15, 0.2) is 23.1 Å². The zero-order valence-corrected chi connectivity index (χ0v) is 28.7. The molecule has 3 N–H and O–H groups in total. The minimum Gasteiger partial charge on any atom is -0.484 e. The number of amides is 1. The third-order valence-electron chi connectivity index (χ3n) is 7.75. The Hall–Kier alpha value is -5.82. The molecular weight excluding hydrogens is 745 g/mol. The van der Waals surface area contributed by atoms with Crippen molar-refractivity contribution in [2.45, 2.75) is 30.6 Å². The lowest BCUT2D eigenvalue weighted by molar-refractivity contribution is -0.135. The molecule has 1 aliphatic heterocycles. The number of halogens is 6. The van der Waals surface area contributed by atoms with E-state index in [0.717, 1.165) is 15.6 Å². The lowest BCUT2D eigenvalue weighted by Crippen LogP contribution is -2.29. The molecule has 54 heavy (non-hydrogen) atoms. The standard InChI is InChI=1S/C35H29BF6N4O7S/c37-30-32(39)35(54(49,50)51)33(40)31(38)34(30)53-29(48)6-2-1-3-15-44-28(47)20-52-25-12-9-21(10-13-25)7-8-22-17-23(45-19-22)18-24-11-14-27(46(24)36(41)42)26-5-4-16-43-26/h4-5,7-14,16-19,43H,1-3,6,15,20H2,(H,44,47)(H,49,50,51)/b8-7+,23-18-. The van der Waals surface area contributed by atoms with Gasteiger partial charge in [0, 0.05) is 31.1 Å². The van der Waals surface area contributed by atoms with Gasteiger partial charge in [-0.25, -0.2) is 8.78 Å². The molecule has 0 atom stereocenters. The van der Waals surface area contributed by atoms with Crippen molar-refractivity contribution in [1.82, 2.24) is 14.8 Å². The van der Waals surface area contributed by atoms with Crippen molar-refractivity contribution >= 4 is 47.8 Å². The molecule has 3 heterocycles. The second-order valence-corrected chi connectivity index (χ2v) is 12.9. The molecule has 4 aromatic rings. The zero-order chi connectivity index (χ0) is 39.0. The third-order valence-corrected chi connectivity index (χ3v) is 8.62. The Balaban J connectivity index is 1.01. The Bertz CT molecular complexity index is 2230. The summed E-state index contributed by atoms with van der Waals surface area (Å²) in [4.78, 5) is 29.1. The van der Waals surface area contributed by atoms with Gasteiger partial charge in [0.1, 0.15) is 5.75 Å². The molecule has 0 radical (unpaired) electrons. The van der Waals surface area contributed by atoms with E-state index in [1.54, 1.807) is 73.1 Å². The van der Waals surface area contributed by atoms with Crippen LogP contribution in [-0.2, 0) is 19.7 Å². The highest BCUT2D eigenvalue weighted by atomic mass is 32.2. The first-order chi connectivity index (χ1) is 25.7. The molecule has 0 aliphatic carbocycles. The van der Waals surface area contributed by atoms with E-state index in [9.17, 15) is 44.2 Å². The summed E-state index contributed by atoms with van der Waals surface area (Å²) in [5, 5.41) is 2.62. The second kappa shape index (κ2) is 17.3. The van der Waals surface area contributed by atoms with E-state index in [0.29, 0.717) is 41.4 Å². The molecule has 0 fully saturated rings. The number of H-pyrrole nitrogens is 1. The maximum absolute atomic E-state index is 14.0. The Morgan fingerprint density at radius 3 is 2.31 bits per heavy atom. The number of nitrogens with zero attached hydrogens (tertiary/aromatic N) is 2. The fourth-order valence-corrected chi connectivity index (χ4v) is 5.80. The maximum Gasteiger partial charge on any atom is 0.678 e. The first-order valence-electron chi connectivity index (χ1n) is 16.0. The van der Waals surface area contributed by atoms with E-state index in [4.69, 9.17) is 9.29 Å². The quantitative estimate of drug-likeness (QED) is 0.0216. The molecule has 0 spiro atoms. The molecule has 0 saturated carbocycles. The minimum absolute atomic E-state index is 0.108. The van der Waals surface area contributed by atoms with Crippen LogP contribution in [0.4, 0.5) is 26.2 Å². The number of ether oxygens (including phenoxy) is 2. The van der Waals surface area contributed by atoms with Gasteiger partial charge >= 0.3 is 23.5 Å². The van der Waals surface area contributed by atoms with Crippen LogP contribution in [-0.4, -0.2) is 61.1 Å². The van der Waals surface area contributed by atoms with Crippen LogP contribution < -0.4 is 14.8 Å². The molecule has 2 aromatic heterocycles. The van der Waals surface area contributed by atoms with Crippen molar-refractivity contribution in [1.29, 1.82) is 0 Å². The summed E-state index contributed by atoms with van der Waals surface area (Å²) in [6, 6.07) is 13.5. The summed E-state index contributed by atoms with van der Waals surface area (Å²) < 4.78 is 125. The number of aliphatic imine (C=N–C) groups is 1. The van der Waals surface area contributed by atoms with Crippen LogP contribution in [0.15, 0.2) is 88.0 Å². The van der Waals surface area contributed by atoms with Crippen LogP contribution >= 0.6 is 0 Å². The van der Waals surface area contributed by atoms with E-state index < -0.39 is 69.7 Å². The van der Waals surface area contributed by atoms with Crippen molar-refractivity contribution in [2.75, 3.05) is 13.2 Å². The van der Waals surface area contributed by atoms with Gasteiger partial charge in [-0.1, -0.05) is 30.7 Å². The molecule has 1 amide bonds. The number of esters is 1. The molecule has 0 unspecified atom stereocenters. The fourth-order valence-electron chi connectivity index (χ4n) is 5.16. The topological polar surface area (TPSA) is 152 Å². The van der Waals surface area contributed by atoms with Gasteiger partial charge in [0.05, 0.1) is 17.1 Å². The molecule has 0 bridgehead atoms. The normalized spacial score (nSPS) is 13.5. The van der Waals surface area contributed by atoms with Crippen LogP contribution in [0.25, 0.3) is 23.5 Å². The number of allylic oxidation sites excluding steroid dienone is 3. The van der Waals surface area contributed by atoms with Crippen molar-refractivity contribution in [2.24, 2.45) is 4.99 Å². The average molecular weight is 775 g/mol. The van der Waals surface area contributed by atoms with Crippen molar-refractivity contribution in [3.8, 4) is 22.9 Å². The Morgan fingerprint density at radius 1 is 0.944 bits per heavy atom. The van der Waals surface area contributed by atoms with Crippen LogP contribution in [0.3, 0.4) is 0 Å². The monoisotopic (exact) mass is 774 g/mol. The predicted molar refractivity (Wildman–Crippen MR) is 186 cm³/mol. The summed E-state index contributed by atoms with van der Waals surface area (Å²) >= 11 is 0. The predicted octanol–water partition coefficient (Wildman–Crippen LogP) is 6.78. The largest absolute Gasteiger partial charge is 0.678 e. The van der Waals surface area contributed by atoms with Gasteiger partial charge in [-0.2, -0.15) is 17.2 Å². The number of rotatable bonds is 16. The number of aromatic amines is 1. The number of unbranched alkanes of at least 4 members (excludes halogenated alkanes) is 2. The van der Waals surface area contributed by atoms with Gasteiger partial charge in [-0.05, 0) is 72.5 Å². The highest BCUT2D eigenvalue weighted by molar-refractivity contribution is 7.85. The first kappa shape index (κ1) is 39.4. The Labute approximate surface area is 304 Å². The summed E-state index contributed by atoms with van der Waals surface area (Å²) in [5.41, 5.74) is 3.30. The molecule has 5 rings (SSSR count). The summed E-state index contributed by atoms with van der Waals surface area (Å²) in [6.45, 7) is -0.0939. The van der Waals surface area contributed by atoms with Gasteiger partial charge in [-0.15, -0.1) is 0 Å². The summed E-state index contributed by atoms with van der Waals surface area (Å²) in [7, 11) is -8.40. The minimum atomic E-state index is -5.65. The van der Waals surface area contributed by atoms with Crippen molar-refractivity contribution < 1.29 is 58.2 Å². The molecule has 19 heteroatoms. The van der Waals surface area contributed by atoms with Crippen LogP contribution in [0, 0.1) is 23.3 Å². The van der Waals surface area contributed by atoms with Crippen LogP contribution in [0.2, 0.25) is 0 Å². The molecule has 0 saturated heterocycles. The Morgan fingerprint density at radius 2 is 1.67 bits per heavy atom. The molecule has 11 nitrogen and oxygen atoms in total. The SMILES string of the molecule is O=C(COc1ccc(/C=C/C2=CC(=C/c3ccc(-c4ccc[nH]4)n3B(F)F)/N=C2)cc1)NCCCCCC(=O)Oc1c(F)c(F)c(S(=O)(=O)O)c(F)c1F. The average Bonchev–Trinajstić information content (AvgIpc) is 3.91. The molecule has 1 aliphatic rings. The Kier molecular flexibility index (Phi) is 12.7. The smallest absolute Gasteiger partial charge is 0.484 e. The zero-order valence-electron chi connectivity index (χ0n) is 27.9. The van der Waals surface area contributed by atoms with Crippen molar-refractivity contribution in [3.63, 3.8) is 0 Å². The van der Waals surface area contributed by atoms with Gasteiger partial charge in [0.25, 0.3) is 5.91 Å². The van der Waals surface area contributed by atoms with E-state index in [-0.39, 0.29) is 19.6 Å².